The van der Waals surface area contributed by atoms with Gasteiger partial charge >= 0.3 is 0 Å². The van der Waals surface area contributed by atoms with Crippen molar-refractivity contribution in [1.29, 1.82) is 0 Å². The Bertz CT molecular complexity index is 506. The smallest absolute Gasteiger partial charge is 0.237 e. The van der Waals surface area contributed by atoms with E-state index in [-0.39, 0.29) is 19.1 Å². The molecule has 0 radical (unpaired) electrons. The minimum absolute atomic E-state index is 0.184. The van der Waals surface area contributed by atoms with Gasteiger partial charge in [0.15, 0.2) is 11.5 Å². The molecule has 5 N–H and O–H groups in total. The summed E-state index contributed by atoms with van der Waals surface area (Å²) in [5.41, 5.74) is 10.5. The number of hydrogen-bond acceptors (Lipinski definition) is 5. The van der Waals surface area contributed by atoms with E-state index in [1.807, 2.05) is 18.2 Å². The zero-order valence-corrected chi connectivity index (χ0v) is 10.9. The van der Waals surface area contributed by atoms with Crippen molar-refractivity contribution >= 4 is 11.8 Å². The molecule has 0 spiro atoms. The molecular formula is C13H17N3O4. The van der Waals surface area contributed by atoms with Crippen molar-refractivity contribution in [2.24, 2.45) is 11.5 Å². The highest BCUT2D eigenvalue weighted by molar-refractivity contribution is 5.87. The van der Waals surface area contributed by atoms with Crippen molar-refractivity contribution in [3.05, 3.63) is 24.3 Å². The van der Waals surface area contributed by atoms with E-state index in [2.05, 4.69) is 5.32 Å². The van der Waals surface area contributed by atoms with Gasteiger partial charge in [0, 0.05) is 0 Å². The summed E-state index contributed by atoms with van der Waals surface area (Å²) in [5.74, 6) is 0.269. The van der Waals surface area contributed by atoms with Crippen LogP contribution >= 0.6 is 0 Å². The molecule has 2 unspecified atom stereocenters. The number of nitrogens with one attached hydrogen (secondary N) is 1. The Balaban J connectivity index is 1.81. The predicted molar refractivity (Wildman–Crippen MR) is 71.1 cm³/mol. The maximum absolute atomic E-state index is 11.6. The van der Waals surface area contributed by atoms with E-state index in [0.717, 1.165) is 0 Å². The number of nitrogens with two attached hydrogens (primary N) is 2. The van der Waals surface area contributed by atoms with Gasteiger partial charge in [0.1, 0.15) is 12.7 Å². The largest absolute Gasteiger partial charge is 0.486 e. The van der Waals surface area contributed by atoms with Gasteiger partial charge in [0.05, 0.1) is 19.0 Å². The summed E-state index contributed by atoms with van der Waals surface area (Å²) in [6.07, 6.45) is -0.480. The van der Waals surface area contributed by atoms with Gasteiger partial charge in [-0.2, -0.15) is 0 Å². The number of ether oxygens (including phenoxy) is 2. The number of fused-ring (bicyclic) bond motifs is 1. The Hall–Kier alpha value is -2.28. The normalized spacial score (nSPS) is 18.1. The molecule has 0 saturated heterocycles. The molecule has 2 amide bonds. The predicted octanol–water partition coefficient (Wildman–Crippen LogP) is -0.855. The summed E-state index contributed by atoms with van der Waals surface area (Å²) in [5, 5.41) is 2.61. The number of hydrogen-bond donors (Lipinski definition) is 3. The molecule has 0 bridgehead atoms. The van der Waals surface area contributed by atoms with Crippen LogP contribution in [0.4, 0.5) is 0 Å². The quantitative estimate of drug-likeness (QED) is 0.649. The van der Waals surface area contributed by atoms with Crippen LogP contribution in [0.3, 0.4) is 0 Å². The molecule has 1 aliphatic rings. The molecule has 0 fully saturated rings. The molecule has 0 aromatic heterocycles. The van der Waals surface area contributed by atoms with Crippen LogP contribution in [0.2, 0.25) is 0 Å². The standard InChI is InChI=1S/C13H17N3O4/c14-9(5-12(15)17)13(18)16-6-8-7-19-10-3-1-2-4-11(10)20-8/h1-4,8-9H,5-7,14H2,(H2,15,17)(H,16,18). The number of carbonyl (C=O) groups excluding carboxylic acids is 2. The topological polar surface area (TPSA) is 117 Å². The molecule has 1 heterocycles. The van der Waals surface area contributed by atoms with Crippen molar-refractivity contribution < 1.29 is 19.1 Å². The van der Waals surface area contributed by atoms with E-state index in [9.17, 15) is 9.59 Å². The summed E-state index contributed by atoms with van der Waals surface area (Å²) in [6.45, 7) is 0.585. The molecule has 0 aliphatic carbocycles. The highest BCUT2D eigenvalue weighted by Gasteiger charge is 2.22. The minimum Gasteiger partial charge on any atom is -0.486 e. The van der Waals surface area contributed by atoms with E-state index in [1.54, 1.807) is 6.07 Å². The second-order valence-corrected chi connectivity index (χ2v) is 4.52. The SMILES string of the molecule is NC(=O)CC(N)C(=O)NCC1COc2ccccc2O1. The second-order valence-electron chi connectivity index (χ2n) is 4.52. The van der Waals surface area contributed by atoms with Crippen molar-refractivity contribution in [3.63, 3.8) is 0 Å². The monoisotopic (exact) mass is 279 g/mol. The molecule has 2 rings (SSSR count). The van der Waals surface area contributed by atoms with Gasteiger partial charge in [-0.3, -0.25) is 9.59 Å². The number of amides is 2. The Kier molecular flexibility index (Phi) is 4.41. The number of primary amides is 1. The second kappa shape index (κ2) is 6.25. The van der Waals surface area contributed by atoms with Crippen LogP contribution in [0, 0.1) is 0 Å². The van der Waals surface area contributed by atoms with E-state index >= 15 is 0 Å². The van der Waals surface area contributed by atoms with Gasteiger partial charge in [-0.1, -0.05) is 12.1 Å². The lowest BCUT2D eigenvalue weighted by Gasteiger charge is -2.26. The number of para-hydroxylation sites is 2. The van der Waals surface area contributed by atoms with Crippen molar-refractivity contribution in [1.82, 2.24) is 5.32 Å². The van der Waals surface area contributed by atoms with E-state index in [4.69, 9.17) is 20.9 Å². The molecule has 1 aromatic rings. The maximum atomic E-state index is 11.6. The molecular weight excluding hydrogens is 262 g/mol. The van der Waals surface area contributed by atoms with Gasteiger partial charge in [-0.15, -0.1) is 0 Å². The van der Waals surface area contributed by atoms with E-state index in [0.29, 0.717) is 18.1 Å². The molecule has 20 heavy (non-hydrogen) atoms. The fourth-order valence-corrected chi connectivity index (χ4v) is 1.82. The lowest BCUT2D eigenvalue weighted by Crippen LogP contribution is -2.47. The van der Waals surface area contributed by atoms with Crippen LogP contribution < -0.4 is 26.3 Å². The van der Waals surface area contributed by atoms with Crippen LogP contribution in [0.1, 0.15) is 6.42 Å². The first-order valence-electron chi connectivity index (χ1n) is 6.26. The van der Waals surface area contributed by atoms with Gasteiger partial charge < -0.3 is 26.3 Å². The van der Waals surface area contributed by atoms with Gasteiger partial charge in [-0.25, -0.2) is 0 Å². The van der Waals surface area contributed by atoms with Crippen LogP contribution in [0.15, 0.2) is 24.3 Å². The lowest BCUT2D eigenvalue weighted by atomic mass is 10.2. The molecule has 7 nitrogen and oxygen atoms in total. The van der Waals surface area contributed by atoms with Gasteiger partial charge in [0.2, 0.25) is 11.8 Å². The Morgan fingerprint density at radius 1 is 1.35 bits per heavy atom. The highest BCUT2D eigenvalue weighted by Crippen LogP contribution is 2.30. The third-order valence-corrected chi connectivity index (χ3v) is 2.83. The lowest BCUT2D eigenvalue weighted by molar-refractivity contribution is -0.126. The van der Waals surface area contributed by atoms with E-state index < -0.39 is 17.9 Å². The third-order valence-electron chi connectivity index (χ3n) is 2.83. The third kappa shape index (κ3) is 3.61. The molecule has 108 valence electrons. The molecule has 1 aromatic carbocycles. The summed E-state index contributed by atoms with van der Waals surface area (Å²) < 4.78 is 11.2. The fraction of sp³-hybridized carbons (Fsp3) is 0.385. The Labute approximate surface area is 116 Å². The number of carbonyl (C=O) groups is 2. The van der Waals surface area contributed by atoms with Crippen molar-refractivity contribution in [2.45, 2.75) is 18.6 Å². The maximum Gasteiger partial charge on any atom is 0.237 e. The summed E-state index contributed by atoms with van der Waals surface area (Å²) in [4.78, 5) is 22.3. The summed E-state index contributed by atoms with van der Waals surface area (Å²) >= 11 is 0. The van der Waals surface area contributed by atoms with Gasteiger partial charge in [0.25, 0.3) is 0 Å². The molecule has 7 heteroatoms. The number of benzene rings is 1. The first kappa shape index (κ1) is 14.1. The molecule has 1 aliphatic heterocycles. The average Bonchev–Trinajstić information content (AvgIpc) is 2.43. The molecule has 2 atom stereocenters. The molecule has 0 saturated carbocycles. The van der Waals surface area contributed by atoms with Crippen LogP contribution in [-0.2, 0) is 9.59 Å². The van der Waals surface area contributed by atoms with Crippen LogP contribution in [-0.4, -0.2) is 37.1 Å². The van der Waals surface area contributed by atoms with Crippen LogP contribution in [0.5, 0.6) is 11.5 Å². The Morgan fingerprint density at radius 3 is 2.75 bits per heavy atom. The number of rotatable bonds is 5. The Morgan fingerprint density at radius 2 is 2.05 bits per heavy atom. The summed E-state index contributed by atoms with van der Waals surface area (Å²) in [6, 6.07) is 6.36. The fourth-order valence-electron chi connectivity index (χ4n) is 1.82. The summed E-state index contributed by atoms with van der Waals surface area (Å²) in [7, 11) is 0. The zero-order valence-electron chi connectivity index (χ0n) is 10.9. The van der Waals surface area contributed by atoms with Crippen LogP contribution in [0.25, 0.3) is 0 Å². The van der Waals surface area contributed by atoms with E-state index in [1.165, 1.54) is 0 Å². The first-order chi connectivity index (χ1) is 9.56. The zero-order chi connectivity index (χ0) is 14.5. The highest BCUT2D eigenvalue weighted by atomic mass is 16.6. The average molecular weight is 279 g/mol. The minimum atomic E-state index is -0.940. The van der Waals surface area contributed by atoms with Crippen molar-refractivity contribution in [3.8, 4) is 11.5 Å². The first-order valence-corrected chi connectivity index (χ1v) is 6.26. The van der Waals surface area contributed by atoms with Crippen molar-refractivity contribution in [2.75, 3.05) is 13.2 Å². The van der Waals surface area contributed by atoms with Gasteiger partial charge in [-0.05, 0) is 12.1 Å².